The zero-order chi connectivity index (χ0) is 20.6. The molecular weight excluding hydrogens is 388 g/mol. The van der Waals surface area contributed by atoms with E-state index in [0.29, 0.717) is 24.5 Å². The van der Waals surface area contributed by atoms with E-state index in [1.165, 1.54) is 0 Å². The van der Waals surface area contributed by atoms with Gasteiger partial charge in [0.25, 0.3) is 0 Å². The number of thioether (sulfide) groups is 1. The van der Waals surface area contributed by atoms with Crippen LogP contribution in [0.25, 0.3) is 0 Å². The van der Waals surface area contributed by atoms with E-state index in [9.17, 15) is 9.59 Å². The highest BCUT2D eigenvalue weighted by Gasteiger charge is 2.37. The number of hydrogen-bond acceptors (Lipinski definition) is 5. The molecule has 0 spiro atoms. The molecule has 1 unspecified atom stereocenters. The Morgan fingerprint density at radius 2 is 1.97 bits per heavy atom. The van der Waals surface area contributed by atoms with Crippen LogP contribution in [0.1, 0.15) is 32.8 Å². The van der Waals surface area contributed by atoms with E-state index in [1.54, 1.807) is 23.6 Å². The van der Waals surface area contributed by atoms with E-state index >= 15 is 0 Å². The zero-order valence-electron chi connectivity index (χ0n) is 16.7. The van der Waals surface area contributed by atoms with Gasteiger partial charge in [-0.15, -0.1) is 11.8 Å². The minimum absolute atomic E-state index is 0.0434. The summed E-state index contributed by atoms with van der Waals surface area (Å²) in [4.78, 5) is 28.6. The molecule has 2 aliphatic heterocycles. The Hall–Kier alpha value is -2.67. The van der Waals surface area contributed by atoms with Gasteiger partial charge in [0.15, 0.2) is 11.5 Å². The van der Waals surface area contributed by atoms with E-state index in [1.807, 2.05) is 42.5 Å². The molecule has 2 aromatic rings. The molecule has 7 heteroatoms. The van der Waals surface area contributed by atoms with Gasteiger partial charge in [0.1, 0.15) is 6.04 Å². The molecule has 2 amide bonds. The summed E-state index contributed by atoms with van der Waals surface area (Å²) in [5.74, 6) is 1.15. The second-order valence-corrected chi connectivity index (χ2v) is 9.60. The van der Waals surface area contributed by atoms with Crippen LogP contribution in [0, 0.1) is 0 Å². The lowest BCUT2D eigenvalue weighted by molar-refractivity contribution is -0.126. The van der Waals surface area contributed by atoms with E-state index in [2.05, 4.69) is 19.2 Å². The molecular formula is C22H24N2O4S. The molecule has 0 bridgehead atoms. The minimum Gasteiger partial charge on any atom is -0.454 e. The Labute approximate surface area is 174 Å². The molecule has 6 nitrogen and oxygen atoms in total. The number of para-hydroxylation sites is 1. The lowest BCUT2D eigenvalue weighted by Crippen LogP contribution is -2.48. The number of amides is 2. The molecule has 1 atom stereocenters. The lowest BCUT2D eigenvalue weighted by atomic mass is 10.1. The van der Waals surface area contributed by atoms with Gasteiger partial charge in [-0.3, -0.25) is 14.5 Å². The maximum absolute atomic E-state index is 13.0. The monoisotopic (exact) mass is 412 g/mol. The van der Waals surface area contributed by atoms with Crippen LogP contribution in [0.4, 0.5) is 5.69 Å². The number of nitrogens with zero attached hydrogens (tertiary/aromatic N) is 1. The Balaban J connectivity index is 1.51. The number of rotatable bonds is 4. The third-order valence-corrected chi connectivity index (χ3v) is 6.29. The fraction of sp³-hybridized carbons (Fsp3) is 0.364. The first kappa shape index (κ1) is 19.6. The molecule has 0 aromatic heterocycles. The summed E-state index contributed by atoms with van der Waals surface area (Å²) in [7, 11) is 0. The van der Waals surface area contributed by atoms with Crippen molar-refractivity contribution in [1.29, 1.82) is 0 Å². The maximum atomic E-state index is 13.0. The van der Waals surface area contributed by atoms with Crippen LogP contribution >= 0.6 is 11.8 Å². The predicted molar refractivity (Wildman–Crippen MR) is 112 cm³/mol. The minimum atomic E-state index is -0.618. The summed E-state index contributed by atoms with van der Waals surface area (Å²) < 4.78 is 10.5. The molecule has 29 heavy (non-hydrogen) atoms. The van der Waals surface area contributed by atoms with Crippen LogP contribution in [-0.4, -0.2) is 29.4 Å². The van der Waals surface area contributed by atoms with Crippen LogP contribution in [0.2, 0.25) is 0 Å². The lowest BCUT2D eigenvalue weighted by Gasteiger charge is -2.28. The van der Waals surface area contributed by atoms with Gasteiger partial charge in [0, 0.05) is 22.6 Å². The van der Waals surface area contributed by atoms with Gasteiger partial charge < -0.3 is 14.8 Å². The van der Waals surface area contributed by atoms with Crippen molar-refractivity contribution >= 4 is 29.3 Å². The summed E-state index contributed by atoms with van der Waals surface area (Å²) in [6, 6.07) is 12.7. The molecule has 4 rings (SSSR count). The van der Waals surface area contributed by atoms with Crippen LogP contribution in [0.3, 0.4) is 0 Å². The molecule has 1 N–H and O–H groups in total. The van der Waals surface area contributed by atoms with Crippen molar-refractivity contribution in [2.24, 2.45) is 0 Å². The highest BCUT2D eigenvalue weighted by Crippen LogP contribution is 2.44. The molecule has 0 saturated carbocycles. The average Bonchev–Trinajstić information content (AvgIpc) is 3.10. The van der Waals surface area contributed by atoms with Crippen molar-refractivity contribution in [2.45, 2.75) is 49.4 Å². The first-order valence-corrected chi connectivity index (χ1v) is 10.4. The molecule has 0 fully saturated rings. The van der Waals surface area contributed by atoms with Gasteiger partial charge in [-0.25, -0.2) is 0 Å². The van der Waals surface area contributed by atoms with Crippen LogP contribution in [0.15, 0.2) is 47.4 Å². The Morgan fingerprint density at radius 1 is 1.21 bits per heavy atom. The molecule has 2 aliphatic rings. The highest BCUT2D eigenvalue weighted by atomic mass is 32.2. The van der Waals surface area contributed by atoms with Crippen molar-refractivity contribution < 1.29 is 19.1 Å². The first-order chi connectivity index (χ1) is 13.8. The van der Waals surface area contributed by atoms with Gasteiger partial charge in [-0.1, -0.05) is 18.2 Å². The van der Waals surface area contributed by atoms with Crippen LogP contribution in [-0.2, 0) is 16.1 Å². The molecule has 2 aromatic carbocycles. The normalized spacial score (nSPS) is 18.0. The Morgan fingerprint density at radius 3 is 2.79 bits per heavy atom. The summed E-state index contributed by atoms with van der Waals surface area (Å²) >= 11 is 1.67. The second kappa shape index (κ2) is 7.63. The van der Waals surface area contributed by atoms with E-state index in [0.717, 1.165) is 16.1 Å². The number of carbonyl (C=O) groups is 2. The van der Waals surface area contributed by atoms with Gasteiger partial charge >= 0.3 is 0 Å². The van der Waals surface area contributed by atoms with E-state index in [-0.39, 0.29) is 23.4 Å². The largest absolute Gasteiger partial charge is 0.454 e. The second-order valence-electron chi connectivity index (χ2n) is 7.85. The van der Waals surface area contributed by atoms with E-state index < -0.39 is 6.04 Å². The van der Waals surface area contributed by atoms with Gasteiger partial charge in [0.2, 0.25) is 18.6 Å². The number of hydrogen-bond donors (Lipinski definition) is 1. The maximum Gasteiger partial charge on any atom is 0.243 e. The van der Waals surface area contributed by atoms with Crippen LogP contribution in [0.5, 0.6) is 11.5 Å². The summed E-state index contributed by atoms with van der Waals surface area (Å²) in [6.07, 6.45) is 0.367. The quantitative estimate of drug-likeness (QED) is 0.829. The van der Waals surface area contributed by atoms with Crippen LogP contribution < -0.4 is 19.7 Å². The van der Waals surface area contributed by atoms with Crippen molar-refractivity contribution in [1.82, 2.24) is 5.32 Å². The summed E-state index contributed by atoms with van der Waals surface area (Å²) in [5.41, 5.74) is 1.70. The Kier molecular flexibility index (Phi) is 5.17. The fourth-order valence-electron chi connectivity index (χ4n) is 3.59. The summed E-state index contributed by atoms with van der Waals surface area (Å²) in [5, 5.41) is 2.94. The summed E-state index contributed by atoms with van der Waals surface area (Å²) in [6.45, 7) is 6.45. The number of carbonyl (C=O) groups excluding carboxylic acids is 2. The third kappa shape index (κ3) is 4.05. The smallest absolute Gasteiger partial charge is 0.243 e. The topological polar surface area (TPSA) is 67.9 Å². The molecule has 152 valence electrons. The van der Waals surface area contributed by atoms with Crippen molar-refractivity contribution in [2.75, 3.05) is 11.7 Å². The van der Waals surface area contributed by atoms with Crippen molar-refractivity contribution in [3.8, 4) is 11.5 Å². The number of nitrogens with one attached hydrogen (secondary N) is 1. The molecule has 0 saturated heterocycles. The molecule has 0 aliphatic carbocycles. The van der Waals surface area contributed by atoms with E-state index in [4.69, 9.17) is 9.47 Å². The first-order valence-electron chi connectivity index (χ1n) is 9.60. The predicted octanol–water partition coefficient (Wildman–Crippen LogP) is 3.73. The number of ether oxygens (including phenoxy) is 2. The molecule has 0 radical (unpaired) electrons. The standard InChI is InChI=1S/C22H24N2O4S/c1-14(21(26)23-12-15-8-9-17-18(10-15)28-13-27-17)24-16-6-4-5-7-19(16)29-22(2,3)11-20(24)25/h4-10,14H,11-13H2,1-3H3,(H,23,26). The number of fused-ring (bicyclic) bond motifs is 2. The van der Waals surface area contributed by atoms with Crippen molar-refractivity contribution in [3.63, 3.8) is 0 Å². The fourth-order valence-corrected chi connectivity index (χ4v) is 4.80. The Bertz CT molecular complexity index is 960. The van der Waals surface area contributed by atoms with Gasteiger partial charge in [-0.2, -0.15) is 0 Å². The SMILES string of the molecule is CC(C(=O)NCc1ccc2c(c1)OCO2)N1C(=O)CC(C)(C)Sc2ccccc21. The van der Waals surface area contributed by atoms with Crippen molar-refractivity contribution in [3.05, 3.63) is 48.0 Å². The zero-order valence-corrected chi connectivity index (χ0v) is 17.5. The highest BCUT2D eigenvalue weighted by molar-refractivity contribution is 8.00. The third-order valence-electron chi connectivity index (χ3n) is 5.03. The number of benzene rings is 2. The molecule has 2 heterocycles. The average molecular weight is 413 g/mol. The van der Waals surface area contributed by atoms with Gasteiger partial charge in [0.05, 0.1) is 5.69 Å². The number of anilines is 1. The van der Waals surface area contributed by atoms with Gasteiger partial charge in [-0.05, 0) is 50.6 Å².